The van der Waals surface area contributed by atoms with Gasteiger partial charge in [0.25, 0.3) is 5.70 Å². The average molecular weight is 184 g/mol. The molecule has 0 aromatic rings. The highest BCUT2D eigenvalue weighted by Gasteiger charge is 2.09. The van der Waals surface area contributed by atoms with Gasteiger partial charge in [-0.05, 0) is 13.0 Å². The van der Waals surface area contributed by atoms with Crippen molar-refractivity contribution < 1.29 is 9.66 Å². The highest BCUT2D eigenvalue weighted by molar-refractivity contribution is 5.24. The van der Waals surface area contributed by atoms with Gasteiger partial charge >= 0.3 is 0 Å². The summed E-state index contributed by atoms with van der Waals surface area (Å²) in [6.45, 7) is 1.73. The molecular formula is C8H12N2O3. The second kappa shape index (κ2) is 5.82. The molecule has 0 aromatic heterocycles. The molecule has 5 heteroatoms. The molecule has 0 amide bonds. The van der Waals surface area contributed by atoms with E-state index in [0.717, 1.165) is 0 Å². The van der Waals surface area contributed by atoms with Crippen LogP contribution in [0.4, 0.5) is 0 Å². The molecule has 0 fully saturated rings. The van der Waals surface area contributed by atoms with Gasteiger partial charge in [-0.3, -0.25) is 10.1 Å². The second-order valence-corrected chi connectivity index (χ2v) is 2.14. The third-order valence-electron chi connectivity index (χ3n) is 1.20. The Hall–Kier alpha value is -1.78. The van der Waals surface area contributed by atoms with Crippen molar-refractivity contribution in [3.05, 3.63) is 46.0 Å². The van der Waals surface area contributed by atoms with Crippen LogP contribution in [0.3, 0.4) is 0 Å². The smallest absolute Gasteiger partial charge is 0.295 e. The summed E-state index contributed by atoms with van der Waals surface area (Å²) < 4.78 is 4.55. The molecule has 0 aliphatic rings. The summed E-state index contributed by atoms with van der Waals surface area (Å²) in [6.07, 6.45) is 5.49. The zero-order chi connectivity index (χ0) is 10.3. The minimum absolute atomic E-state index is 0.0980. The molecule has 0 saturated heterocycles. The van der Waals surface area contributed by atoms with E-state index >= 15 is 0 Å². The topological polar surface area (TPSA) is 78.4 Å². The highest BCUT2D eigenvalue weighted by atomic mass is 16.6. The van der Waals surface area contributed by atoms with E-state index in [2.05, 4.69) is 4.74 Å². The van der Waals surface area contributed by atoms with Crippen LogP contribution in [0.15, 0.2) is 35.9 Å². The molecule has 5 nitrogen and oxygen atoms in total. The number of hydrogen-bond acceptors (Lipinski definition) is 4. The van der Waals surface area contributed by atoms with Gasteiger partial charge in [0.15, 0.2) is 0 Å². The van der Waals surface area contributed by atoms with Crippen molar-refractivity contribution in [1.82, 2.24) is 0 Å². The lowest BCUT2D eigenvalue weighted by molar-refractivity contribution is -0.420. The Labute approximate surface area is 76.3 Å². The van der Waals surface area contributed by atoms with Crippen molar-refractivity contribution in [3.8, 4) is 0 Å². The van der Waals surface area contributed by atoms with E-state index in [9.17, 15) is 10.1 Å². The van der Waals surface area contributed by atoms with Crippen molar-refractivity contribution in [1.29, 1.82) is 0 Å². The predicted molar refractivity (Wildman–Crippen MR) is 49.2 cm³/mol. The molecule has 0 aliphatic carbocycles. The normalized spacial score (nSPS) is 13.4. The molecule has 72 valence electrons. The first-order valence-electron chi connectivity index (χ1n) is 3.59. The van der Waals surface area contributed by atoms with E-state index in [0.29, 0.717) is 0 Å². The fourth-order valence-electron chi connectivity index (χ4n) is 0.660. The molecule has 0 aliphatic heterocycles. The number of nitrogens with two attached hydrogens (primary N) is 1. The summed E-state index contributed by atoms with van der Waals surface area (Å²) in [5.41, 5.74) is 5.33. The number of nitro groups is 1. The van der Waals surface area contributed by atoms with Crippen LogP contribution in [0.25, 0.3) is 0 Å². The lowest BCUT2D eigenvalue weighted by Gasteiger charge is -1.94. The van der Waals surface area contributed by atoms with Crippen LogP contribution in [0.1, 0.15) is 6.92 Å². The zero-order valence-electron chi connectivity index (χ0n) is 7.56. The van der Waals surface area contributed by atoms with E-state index < -0.39 is 4.92 Å². The maximum Gasteiger partial charge on any atom is 0.295 e. The number of methoxy groups -OCH3 is 1. The molecule has 0 saturated carbocycles. The monoisotopic (exact) mass is 184 g/mol. The Balaban J connectivity index is 4.88. The van der Waals surface area contributed by atoms with Crippen LogP contribution in [-0.2, 0) is 4.74 Å². The lowest BCUT2D eigenvalue weighted by atomic mass is 10.3. The van der Waals surface area contributed by atoms with Gasteiger partial charge < -0.3 is 10.5 Å². The van der Waals surface area contributed by atoms with Crippen molar-refractivity contribution in [2.75, 3.05) is 7.11 Å². The number of rotatable bonds is 4. The van der Waals surface area contributed by atoms with Gasteiger partial charge in [0, 0.05) is 0 Å². The maximum absolute atomic E-state index is 10.4. The molecule has 0 atom stereocenters. The lowest BCUT2D eigenvalue weighted by Crippen LogP contribution is -2.06. The number of hydrogen-bond donors (Lipinski definition) is 1. The van der Waals surface area contributed by atoms with Crippen LogP contribution in [0.2, 0.25) is 0 Å². The molecular weight excluding hydrogens is 172 g/mol. The van der Waals surface area contributed by atoms with E-state index in [1.807, 2.05) is 0 Å². The highest BCUT2D eigenvalue weighted by Crippen LogP contribution is 2.03. The molecule has 0 rings (SSSR count). The molecule has 0 spiro atoms. The summed E-state index contributed by atoms with van der Waals surface area (Å²) in [7, 11) is 1.40. The Morgan fingerprint density at radius 1 is 1.54 bits per heavy atom. The minimum atomic E-state index is -0.565. The molecule has 0 unspecified atom stereocenters. The van der Waals surface area contributed by atoms with Gasteiger partial charge in [0.2, 0.25) is 0 Å². The quantitative estimate of drug-likeness (QED) is 0.308. The van der Waals surface area contributed by atoms with Gasteiger partial charge in [-0.1, -0.05) is 6.08 Å². The molecule has 0 bridgehead atoms. The van der Waals surface area contributed by atoms with E-state index in [1.54, 1.807) is 13.0 Å². The zero-order valence-corrected chi connectivity index (χ0v) is 7.56. The van der Waals surface area contributed by atoms with E-state index in [-0.39, 0.29) is 11.4 Å². The standard InChI is InChI=1S/C8H12N2O3/c1-3-4-7(9)8(10(11)12)5-6-13-2/h3-6H,9H2,1-2H3/b4-3-,6-5+,8-7-. The Kier molecular flexibility index (Phi) is 5.02. The van der Waals surface area contributed by atoms with Crippen LogP contribution in [0.5, 0.6) is 0 Å². The van der Waals surface area contributed by atoms with Crippen LogP contribution >= 0.6 is 0 Å². The Bertz CT molecular complexity index is 267. The average Bonchev–Trinajstić information content (AvgIpc) is 2.05. The molecule has 0 heterocycles. The maximum atomic E-state index is 10.4. The van der Waals surface area contributed by atoms with Gasteiger partial charge in [0.1, 0.15) is 5.70 Å². The third-order valence-corrected chi connectivity index (χ3v) is 1.20. The van der Waals surface area contributed by atoms with Crippen LogP contribution in [0, 0.1) is 10.1 Å². The number of ether oxygens (including phenoxy) is 1. The minimum Gasteiger partial charge on any atom is -0.504 e. The summed E-state index contributed by atoms with van der Waals surface area (Å²) in [4.78, 5) is 9.88. The number of allylic oxidation sites excluding steroid dienone is 3. The van der Waals surface area contributed by atoms with Gasteiger partial charge in [-0.25, -0.2) is 0 Å². The first-order valence-corrected chi connectivity index (χ1v) is 3.59. The van der Waals surface area contributed by atoms with E-state index in [1.165, 1.54) is 25.5 Å². The largest absolute Gasteiger partial charge is 0.504 e. The first-order chi connectivity index (χ1) is 6.13. The van der Waals surface area contributed by atoms with Crippen LogP contribution < -0.4 is 5.73 Å². The van der Waals surface area contributed by atoms with Gasteiger partial charge in [-0.15, -0.1) is 0 Å². The molecule has 0 aromatic carbocycles. The van der Waals surface area contributed by atoms with Gasteiger partial charge in [0.05, 0.1) is 24.4 Å². The van der Waals surface area contributed by atoms with Crippen molar-refractivity contribution >= 4 is 0 Å². The summed E-state index contributed by atoms with van der Waals surface area (Å²) in [5, 5.41) is 10.4. The second-order valence-electron chi connectivity index (χ2n) is 2.14. The summed E-state index contributed by atoms with van der Waals surface area (Å²) >= 11 is 0. The third kappa shape index (κ3) is 3.95. The summed E-state index contributed by atoms with van der Waals surface area (Å²) in [5.74, 6) is 0. The van der Waals surface area contributed by atoms with Crippen molar-refractivity contribution in [2.45, 2.75) is 6.92 Å². The fourth-order valence-corrected chi connectivity index (χ4v) is 0.660. The Morgan fingerprint density at radius 3 is 2.54 bits per heavy atom. The van der Waals surface area contributed by atoms with Crippen molar-refractivity contribution in [2.24, 2.45) is 5.73 Å². The number of nitrogens with zero attached hydrogens (tertiary/aromatic N) is 1. The predicted octanol–water partition coefficient (Wildman–Crippen LogP) is 1.17. The van der Waals surface area contributed by atoms with E-state index in [4.69, 9.17) is 5.73 Å². The van der Waals surface area contributed by atoms with Crippen LogP contribution in [-0.4, -0.2) is 12.0 Å². The van der Waals surface area contributed by atoms with Crippen molar-refractivity contribution in [3.63, 3.8) is 0 Å². The first kappa shape index (κ1) is 11.2. The molecule has 0 radical (unpaired) electrons. The molecule has 13 heavy (non-hydrogen) atoms. The SMILES string of the molecule is C\C=C/C(N)=C(\C=C\OC)[N+](=O)[O-]. The molecule has 2 N–H and O–H groups in total. The van der Waals surface area contributed by atoms with Gasteiger partial charge in [-0.2, -0.15) is 0 Å². The fraction of sp³-hybridized carbons (Fsp3) is 0.250. The summed E-state index contributed by atoms with van der Waals surface area (Å²) in [6, 6.07) is 0. The Morgan fingerprint density at radius 2 is 2.15 bits per heavy atom.